The van der Waals surface area contributed by atoms with Crippen molar-refractivity contribution < 1.29 is 22.0 Å². The fourth-order valence-electron chi connectivity index (χ4n) is 2.42. The molecule has 1 amide bonds. The zero-order valence-electron chi connectivity index (χ0n) is 14.3. The van der Waals surface area contributed by atoms with Crippen molar-refractivity contribution in [3.05, 3.63) is 83.7 Å². The number of sulfone groups is 1. The van der Waals surface area contributed by atoms with Crippen LogP contribution in [0, 0.1) is 11.6 Å². The summed E-state index contributed by atoms with van der Waals surface area (Å²) in [4.78, 5) is 14.6. The minimum Gasteiger partial charge on any atom is -0.329 e. The monoisotopic (exact) mass is 400 g/mol. The van der Waals surface area contributed by atoms with E-state index in [1.165, 1.54) is 54.7 Å². The van der Waals surface area contributed by atoms with Crippen molar-refractivity contribution in [2.24, 2.45) is 0 Å². The third-order valence-electron chi connectivity index (χ3n) is 3.84. The Labute approximate surface area is 160 Å². The topological polar surface area (TPSA) is 76.1 Å². The number of halogens is 2. The van der Waals surface area contributed by atoms with Gasteiger partial charge in [0.05, 0.1) is 15.5 Å². The van der Waals surface area contributed by atoms with Crippen LogP contribution in [0.5, 0.6) is 0 Å². The molecule has 0 saturated carbocycles. The summed E-state index contributed by atoms with van der Waals surface area (Å²) in [6.45, 7) is 0. The average molecular weight is 400 g/mol. The second-order valence-electron chi connectivity index (χ2n) is 5.71. The number of nitrogens with one attached hydrogen (secondary N) is 1. The zero-order valence-corrected chi connectivity index (χ0v) is 15.2. The molecule has 2 aromatic carbocycles. The summed E-state index contributed by atoms with van der Waals surface area (Å²) < 4.78 is 51.9. The van der Waals surface area contributed by atoms with E-state index in [2.05, 4.69) is 10.3 Å². The molecule has 0 aliphatic heterocycles. The second kappa shape index (κ2) is 8.10. The van der Waals surface area contributed by atoms with Crippen LogP contribution < -0.4 is 5.32 Å². The number of benzene rings is 2. The fraction of sp³-hybridized carbons (Fsp3) is 0. The van der Waals surface area contributed by atoms with Crippen molar-refractivity contribution in [3.8, 4) is 0 Å². The van der Waals surface area contributed by atoms with Crippen LogP contribution in [0.15, 0.2) is 70.6 Å². The summed E-state index contributed by atoms with van der Waals surface area (Å²) in [5.74, 6) is -1.38. The van der Waals surface area contributed by atoms with Gasteiger partial charge in [0.25, 0.3) is 0 Å². The van der Waals surface area contributed by atoms with E-state index in [4.69, 9.17) is 0 Å². The normalized spacial score (nSPS) is 11.5. The molecule has 0 fully saturated rings. The number of carbonyl (C=O) groups excluding carboxylic acids is 1. The zero-order chi connectivity index (χ0) is 20.1. The number of rotatable bonds is 6. The van der Waals surface area contributed by atoms with Gasteiger partial charge in [-0.05, 0) is 54.6 Å². The Morgan fingerprint density at radius 3 is 2.43 bits per heavy atom. The largest absolute Gasteiger partial charge is 0.329 e. The maximum absolute atomic E-state index is 13.6. The molecule has 1 aromatic heterocycles. The quantitative estimate of drug-likeness (QED) is 0.636. The van der Waals surface area contributed by atoms with E-state index >= 15 is 0 Å². The van der Waals surface area contributed by atoms with Crippen molar-refractivity contribution in [2.45, 2.75) is 9.79 Å². The van der Waals surface area contributed by atoms with Gasteiger partial charge in [-0.1, -0.05) is 6.07 Å². The number of pyridine rings is 1. The number of hydrogen-bond donors (Lipinski definition) is 1. The Morgan fingerprint density at radius 1 is 0.929 bits per heavy atom. The van der Waals surface area contributed by atoms with E-state index < -0.39 is 21.5 Å². The molecular weight excluding hydrogens is 386 g/mol. The van der Waals surface area contributed by atoms with Gasteiger partial charge in [-0.2, -0.15) is 0 Å². The van der Waals surface area contributed by atoms with Crippen LogP contribution in [-0.4, -0.2) is 19.8 Å². The lowest BCUT2D eigenvalue weighted by Gasteiger charge is -2.06. The van der Waals surface area contributed by atoms with Crippen LogP contribution in [0.3, 0.4) is 0 Å². The van der Waals surface area contributed by atoms with Gasteiger partial charge in [-0.15, -0.1) is 0 Å². The summed E-state index contributed by atoms with van der Waals surface area (Å²) in [5.41, 5.74) is 0.934. The molecule has 0 radical (unpaired) electrons. The first kappa shape index (κ1) is 19.4. The molecule has 5 nitrogen and oxygen atoms in total. The van der Waals surface area contributed by atoms with E-state index in [-0.39, 0.29) is 15.4 Å². The molecule has 0 spiro atoms. The lowest BCUT2D eigenvalue weighted by molar-refractivity contribution is -0.105. The highest BCUT2D eigenvalue weighted by Crippen LogP contribution is 2.23. The maximum Gasteiger partial charge on any atom is 0.211 e. The number of anilines is 1. The smallest absolute Gasteiger partial charge is 0.211 e. The first-order valence-corrected chi connectivity index (χ1v) is 9.53. The van der Waals surface area contributed by atoms with Crippen LogP contribution in [0.25, 0.3) is 12.2 Å². The summed E-state index contributed by atoms with van der Waals surface area (Å²) >= 11 is 0. The molecule has 1 N–H and O–H groups in total. The SMILES string of the molecule is O=CNc1cccc(S(=O)(=O)c2ccc(C=Cc3ccc(F)cc3F)nc2)c1. The van der Waals surface area contributed by atoms with Gasteiger partial charge < -0.3 is 5.32 Å². The molecule has 0 aliphatic rings. The van der Waals surface area contributed by atoms with Crippen LogP contribution in [-0.2, 0) is 14.6 Å². The van der Waals surface area contributed by atoms with Gasteiger partial charge in [-0.3, -0.25) is 9.78 Å². The van der Waals surface area contributed by atoms with Crippen LogP contribution in [0.1, 0.15) is 11.3 Å². The number of carbonyl (C=O) groups is 1. The second-order valence-corrected chi connectivity index (χ2v) is 7.66. The lowest BCUT2D eigenvalue weighted by Crippen LogP contribution is -2.04. The van der Waals surface area contributed by atoms with Crippen molar-refractivity contribution in [1.82, 2.24) is 4.98 Å². The van der Waals surface area contributed by atoms with Gasteiger partial charge in [0.15, 0.2) is 0 Å². The number of hydrogen-bond acceptors (Lipinski definition) is 4. The lowest BCUT2D eigenvalue weighted by atomic mass is 10.2. The first-order valence-electron chi connectivity index (χ1n) is 8.05. The molecule has 0 atom stereocenters. The van der Waals surface area contributed by atoms with Crippen LogP contribution in [0.2, 0.25) is 0 Å². The van der Waals surface area contributed by atoms with E-state index in [1.807, 2.05) is 0 Å². The predicted octanol–water partition coefficient (Wildman–Crippen LogP) is 3.93. The van der Waals surface area contributed by atoms with Crippen molar-refractivity contribution in [1.29, 1.82) is 0 Å². The van der Waals surface area contributed by atoms with Gasteiger partial charge in [0, 0.05) is 23.5 Å². The van der Waals surface area contributed by atoms with Crippen LogP contribution >= 0.6 is 0 Å². The van der Waals surface area contributed by atoms with Gasteiger partial charge in [0.2, 0.25) is 16.2 Å². The third-order valence-corrected chi connectivity index (χ3v) is 5.57. The maximum atomic E-state index is 13.6. The molecular formula is C20H14F2N2O3S. The Hall–Kier alpha value is -3.39. The molecule has 0 bridgehead atoms. The highest BCUT2D eigenvalue weighted by Gasteiger charge is 2.18. The van der Waals surface area contributed by atoms with Gasteiger partial charge in [-0.25, -0.2) is 17.2 Å². The number of amides is 1. The van der Waals surface area contributed by atoms with E-state index in [0.29, 0.717) is 17.8 Å². The molecule has 3 aromatic rings. The highest BCUT2D eigenvalue weighted by atomic mass is 32.2. The van der Waals surface area contributed by atoms with Gasteiger partial charge in [0.1, 0.15) is 11.6 Å². The van der Waals surface area contributed by atoms with Gasteiger partial charge >= 0.3 is 0 Å². The minimum absolute atomic E-state index is 0.0119. The molecule has 0 aliphatic carbocycles. The molecule has 0 saturated heterocycles. The molecule has 28 heavy (non-hydrogen) atoms. The molecule has 8 heteroatoms. The Balaban J connectivity index is 1.84. The van der Waals surface area contributed by atoms with Crippen LogP contribution in [0.4, 0.5) is 14.5 Å². The Bertz CT molecular complexity index is 1140. The van der Waals surface area contributed by atoms with Crippen molar-refractivity contribution in [2.75, 3.05) is 5.32 Å². The highest BCUT2D eigenvalue weighted by molar-refractivity contribution is 7.91. The molecule has 1 heterocycles. The summed E-state index contributed by atoms with van der Waals surface area (Å²) in [5, 5.41) is 2.40. The minimum atomic E-state index is -3.82. The fourth-order valence-corrected chi connectivity index (χ4v) is 3.67. The molecule has 142 valence electrons. The summed E-state index contributed by atoms with van der Waals surface area (Å²) in [7, 11) is -3.82. The van der Waals surface area contributed by atoms with Crippen molar-refractivity contribution in [3.63, 3.8) is 0 Å². The van der Waals surface area contributed by atoms with E-state index in [9.17, 15) is 22.0 Å². The first-order chi connectivity index (χ1) is 13.4. The number of aromatic nitrogens is 1. The predicted molar refractivity (Wildman–Crippen MR) is 101 cm³/mol. The third kappa shape index (κ3) is 4.29. The summed E-state index contributed by atoms with van der Waals surface area (Å²) in [6, 6.07) is 11.9. The average Bonchev–Trinajstić information content (AvgIpc) is 2.68. The Morgan fingerprint density at radius 2 is 1.75 bits per heavy atom. The molecule has 0 unspecified atom stereocenters. The summed E-state index contributed by atoms with van der Waals surface area (Å²) in [6.07, 6.45) is 4.55. The Kier molecular flexibility index (Phi) is 5.60. The standard InChI is InChI=1S/C20H14F2N2O3S/c21-15-6-4-14(20(22)10-15)5-7-16-8-9-19(12-23-16)28(26,27)18-3-1-2-17(11-18)24-13-25/h1-13H,(H,24,25). The van der Waals surface area contributed by atoms with Crippen molar-refractivity contribution >= 4 is 34.1 Å². The number of nitrogens with zero attached hydrogens (tertiary/aromatic N) is 1. The van der Waals surface area contributed by atoms with E-state index in [1.54, 1.807) is 6.07 Å². The molecule has 3 rings (SSSR count). The van der Waals surface area contributed by atoms with E-state index in [0.717, 1.165) is 12.1 Å².